The Balaban J connectivity index is 2.04. The second-order valence-corrected chi connectivity index (χ2v) is 6.15. The Morgan fingerprint density at radius 2 is 2.18 bits per heavy atom. The zero-order valence-electron chi connectivity index (χ0n) is 12.8. The average Bonchev–Trinajstić information content (AvgIpc) is 2.91. The fourth-order valence-corrected chi connectivity index (χ4v) is 2.51. The Kier molecular flexibility index (Phi) is 5.85. The van der Waals surface area contributed by atoms with Crippen LogP contribution in [0.3, 0.4) is 0 Å². The van der Waals surface area contributed by atoms with Crippen LogP contribution < -0.4 is 15.8 Å². The van der Waals surface area contributed by atoms with Gasteiger partial charge in [0.05, 0.1) is 18.7 Å². The maximum Gasteiger partial charge on any atom is 0.255 e. The van der Waals surface area contributed by atoms with E-state index in [9.17, 15) is 4.79 Å². The van der Waals surface area contributed by atoms with Gasteiger partial charge in [-0.25, -0.2) is 0 Å². The van der Waals surface area contributed by atoms with E-state index in [1.54, 1.807) is 6.07 Å². The predicted octanol–water partition coefficient (Wildman–Crippen LogP) is 1.81. The molecular formula is C15H20N4O2S. The molecule has 0 fully saturated rings. The van der Waals surface area contributed by atoms with Crippen LogP contribution in [0.2, 0.25) is 0 Å². The number of nitrogens with two attached hydrogens (primary N) is 1. The van der Waals surface area contributed by atoms with Crippen molar-refractivity contribution >= 4 is 17.2 Å². The molecule has 2 rings (SSSR count). The molecule has 2 aromatic rings. The molecule has 0 spiro atoms. The van der Waals surface area contributed by atoms with Crippen molar-refractivity contribution in [3.05, 3.63) is 39.3 Å². The Morgan fingerprint density at radius 1 is 1.36 bits per heavy atom. The number of carbonyl (C=O) groups is 1. The molecule has 0 saturated carbocycles. The van der Waals surface area contributed by atoms with E-state index in [4.69, 9.17) is 10.5 Å². The zero-order chi connectivity index (χ0) is 15.9. The molecule has 7 heteroatoms. The monoisotopic (exact) mass is 320 g/mol. The zero-order valence-corrected chi connectivity index (χ0v) is 13.6. The number of benzene rings is 1. The Labute approximate surface area is 133 Å². The standard InChI is InChI=1S/C15H20N4O2S/c1-10-4-5-12(13(8-10)21-7-3-6-16)15(20)17-9-14-19-18-11(2)22-14/h4-5,8H,3,6-7,9,16H2,1-2H3,(H,17,20). The molecule has 6 nitrogen and oxygen atoms in total. The number of rotatable bonds is 7. The van der Waals surface area contributed by atoms with Gasteiger partial charge in [0.1, 0.15) is 15.8 Å². The first-order valence-electron chi connectivity index (χ1n) is 7.11. The summed E-state index contributed by atoms with van der Waals surface area (Å²) in [5.41, 5.74) is 7.02. The van der Waals surface area contributed by atoms with Crippen LogP contribution in [0, 0.1) is 13.8 Å². The first-order chi connectivity index (χ1) is 10.6. The second-order valence-electron chi connectivity index (χ2n) is 4.89. The van der Waals surface area contributed by atoms with E-state index < -0.39 is 0 Å². The van der Waals surface area contributed by atoms with Crippen LogP contribution in [0.1, 0.15) is 32.4 Å². The van der Waals surface area contributed by atoms with Gasteiger partial charge >= 0.3 is 0 Å². The van der Waals surface area contributed by atoms with Crippen molar-refractivity contribution in [3.8, 4) is 5.75 Å². The summed E-state index contributed by atoms with van der Waals surface area (Å²) in [5.74, 6) is 0.398. The minimum absolute atomic E-state index is 0.185. The Hall–Kier alpha value is -1.99. The lowest BCUT2D eigenvalue weighted by molar-refractivity contribution is 0.0946. The number of aryl methyl sites for hydroxylation is 2. The predicted molar refractivity (Wildman–Crippen MR) is 86.2 cm³/mol. The van der Waals surface area contributed by atoms with Gasteiger partial charge in [0.15, 0.2) is 0 Å². The smallest absolute Gasteiger partial charge is 0.255 e. The minimum atomic E-state index is -0.185. The van der Waals surface area contributed by atoms with Crippen molar-refractivity contribution in [2.75, 3.05) is 13.2 Å². The van der Waals surface area contributed by atoms with E-state index in [0.717, 1.165) is 22.0 Å². The summed E-state index contributed by atoms with van der Waals surface area (Å²) in [6, 6.07) is 5.52. The van der Waals surface area contributed by atoms with Gasteiger partial charge in [0, 0.05) is 0 Å². The van der Waals surface area contributed by atoms with Gasteiger partial charge in [-0.3, -0.25) is 4.79 Å². The highest BCUT2D eigenvalue weighted by Gasteiger charge is 2.13. The molecule has 0 radical (unpaired) electrons. The van der Waals surface area contributed by atoms with E-state index >= 15 is 0 Å². The molecule has 0 aliphatic carbocycles. The van der Waals surface area contributed by atoms with Crippen LogP contribution in [0.4, 0.5) is 0 Å². The van der Waals surface area contributed by atoms with E-state index in [1.807, 2.05) is 26.0 Å². The molecule has 1 heterocycles. The Morgan fingerprint density at radius 3 is 2.86 bits per heavy atom. The lowest BCUT2D eigenvalue weighted by atomic mass is 10.1. The van der Waals surface area contributed by atoms with Crippen LogP contribution >= 0.6 is 11.3 Å². The number of ether oxygens (including phenoxy) is 1. The summed E-state index contributed by atoms with van der Waals surface area (Å²) in [6.07, 6.45) is 0.749. The maximum atomic E-state index is 12.3. The van der Waals surface area contributed by atoms with E-state index in [-0.39, 0.29) is 5.91 Å². The highest BCUT2D eigenvalue weighted by Crippen LogP contribution is 2.21. The molecule has 0 atom stereocenters. The summed E-state index contributed by atoms with van der Waals surface area (Å²) in [7, 11) is 0. The fraction of sp³-hybridized carbons (Fsp3) is 0.400. The molecule has 0 saturated heterocycles. The van der Waals surface area contributed by atoms with Gasteiger partial charge in [0.25, 0.3) is 5.91 Å². The molecule has 22 heavy (non-hydrogen) atoms. The highest BCUT2D eigenvalue weighted by atomic mass is 32.1. The third-order valence-electron chi connectivity index (χ3n) is 2.96. The van der Waals surface area contributed by atoms with Gasteiger partial charge in [-0.15, -0.1) is 10.2 Å². The third-order valence-corrected chi connectivity index (χ3v) is 3.79. The number of nitrogens with zero attached hydrogens (tertiary/aromatic N) is 2. The highest BCUT2D eigenvalue weighted by molar-refractivity contribution is 7.11. The van der Waals surface area contributed by atoms with E-state index in [1.165, 1.54) is 11.3 Å². The van der Waals surface area contributed by atoms with Crippen LogP contribution in [0.25, 0.3) is 0 Å². The topological polar surface area (TPSA) is 90.1 Å². The molecular weight excluding hydrogens is 300 g/mol. The average molecular weight is 320 g/mol. The normalized spacial score (nSPS) is 10.5. The molecule has 0 aliphatic rings. The van der Waals surface area contributed by atoms with Crippen molar-refractivity contribution in [2.45, 2.75) is 26.8 Å². The molecule has 0 unspecified atom stereocenters. The fourth-order valence-electron chi connectivity index (χ4n) is 1.86. The maximum absolute atomic E-state index is 12.3. The molecule has 0 aliphatic heterocycles. The minimum Gasteiger partial charge on any atom is -0.493 e. The lowest BCUT2D eigenvalue weighted by Gasteiger charge is -2.12. The van der Waals surface area contributed by atoms with Gasteiger partial charge in [-0.2, -0.15) is 0 Å². The number of aromatic nitrogens is 2. The molecule has 1 aromatic heterocycles. The first-order valence-corrected chi connectivity index (χ1v) is 7.92. The molecule has 118 valence electrons. The van der Waals surface area contributed by atoms with Crippen molar-refractivity contribution in [1.29, 1.82) is 0 Å². The van der Waals surface area contributed by atoms with Gasteiger partial charge in [-0.1, -0.05) is 17.4 Å². The summed E-state index contributed by atoms with van der Waals surface area (Å²) < 4.78 is 5.67. The number of hydrogen-bond acceptors (Lipinski definition) is 6. The molecule has 3 N–H and O–H groups in total. The van der Waals surface area contributed by atoms with E-state index in [2.05, 4.69) is 15.5 Å². The first kappa shape index (κ1) is 16.4. The van der Waals surface area contributed by atoms with Crippen LogP contribution in [-0.2, 0) is 6.54 Å². The Bertz CT molecular complexity index is 642. The van der Waals surface area contributed by atoms with E-state index in [0.29, 0.717) is 31.0 Å². The number of carbonyl (C=O) groups excluding carboxylic acids is 1. The summed E-state index contributed by atoms with van der Waals surface area (Å²) in [6.45, 7) is 5.26. The summed E-state index contributed by atoms with van der Waals surface area (Å²) in [5, 5.41) is 12.4. The second kappa shape index (κ2) is 7.86. The summed E-state index contributed by atoms with van der Waals surface area (Å²) in [4.78, 5) is 12.3. The quantitative estimate of drug-likeness (QED) is 0.759. The number of nitrogens with one attached hydrogen (secondary N) is 1. The molecule has 1 aromatic carbocycles. The number of amides is 1. The van der Waals surface area contributed by atoms with Gasteiger partial charge < -0.3 is 15.8 Å². The molecule has 0 bridgehead atoms. The molecule has 1 amide bonds. The third kappa shape index (κ3) is 4.51. The van der Waals surface area contributed by atoms with Crippen molar-refractivity contribution in [3.63, 3.8) is 0 Å². The number of hydrogen-bond donors (Lipinski definition) is 2. The van der Waals surface area contributed by atoms with Crippen LogP contribution in [-0.4, -0.2) is 29.3 Å². The van der Waals surface area contributed by atoms with Crippen LogP contribution in [0.5, 0.6) is 5.75 Å². The van der Waals surface area contributed by atoms with Crippen molar-refractivity contribution in [1.82, 2.24) is 15.5 Å². The van der Waals surface area contributed by atoms with Crippen molar-refractivity contribution < 1.29 is 9.53 Å². The van der Waals surface area contributed by atoms with Gasteiger partial charge in [0.2, 0.25) is 0 Å². The van der Waals surface area contributed by atoms with Crippen molar-refractivity contribution in [2.24, 2.45) is 5.73 Å². The van der Waals surface area contributed by atoms with Gasteiger partial charge in [-0.05, 0) is 44.5 Å². The van der Waals surface area contributed by atoms with Crippen LogP contribution in [0.15, 0.2) is 18.2 Å². The lowest BCUT2D eigenvalue weighted by Crippen LogP contribution is -2.23. The summed E-state index contributed by atoms with van der Waals surface area (Å²) >= 11 is 1.47. The largest absolute Gasteiger partial charge is 0.493 e. The SMILES string of the molecule is Cc1ccc(C(=O)NCc2nnc(C)s2)c(OCCCN)c1.